The van der Waals surface area contributed by atoms with E-state index in [1.165, 1.54) is 0 Å². The summed E-state index contributed by atoms with van der Waals surface area (Å²) in [5, 5.41) is -0.139. The lowest BCUT2D eigenvalue weighted by Gasteiger charge is -2.34. The van der Waals surface area contributed by atoms with E-state index in [1.54, 1.807) is 0 Å². The molecule has 4 atom stereocenters. The van der Waals surface area contributed by atoms with Crippen LogP contribution in [0, 0.1) is 0 Å². The summed E-state index contributed by atoms with van der Waals surface area (Å²) < 4.78 is 62.3. The van der Waals surface area contributed by atoms with E-state index >= 15 is 0 Å². The summed E-state index contributed by atoms with van der Waals surface area (Å²) in [4.78, 5) is 29.7. The van der Waals surface area contributed by atoms with E-state index in [4.69, 9.17) is 15.1 Å². The highest BCUT2D eigenvalue weighted by atomic mass is 32.3. The minimum Gasteiger partial charge on any atom is -0.325 e. The Morgan fingerprint density at radius 2 is 2.08 bits per heavy atom. The summed E-state index contributed by atoms with van der Waals surface area (Å²) in [7, 11) is -5.18. The summed E-state index contributed by atoms with van der Waals surface area (Å²) >= 11 is 0. The zero-order valence-corrected chi connectivity index (χ0v) is 12.8. The molecule has 2 saturated heterocycles. The number of nitrogens with two attached hydrogens (primary N) is 1. The van der Waals surface area contributed by atoms with E-state index < -0.39 is 59.4 Å². The van der Waals surface area contributed by atoms with Gasteiger partial charge in [0.25, 0.3) is 11.8 Å². The van der Waals surface area contributed by atoms with Gasteiger partial charge < -0.3 is 10.6 Å². The SMILES string of the molecule is NC1CC1ONC(=O)[C@@H]1CC(F)(F)[C@@H]2CN1C(=O)N2OS(=O)(=O)O. The number of hydrogen-bond acceptors (Lipinski definition) is 7. The molecule has 14 heteroatoms. The molecule has 0 aromatic heterocycles. The molecule has 2 aliphatic heterocycles. The number of amides is 3. The van der Waals surface area contributed by atoms with Gasteiger partial charge in [0.2, 0.25) is 0 Å². The van der Waals surface area contributed by atoms with Crippen molar-refractivity contribution in [2.75, 3.05) is 6.54 Å². The fraction of sp³-hybridized carbons (Fsp3) is 0.800. The van der Waals surface area contributed by atoms with Crippen molar-refractivity contribution in [1.29, 1.82) is 0 Å². The number of halogens is 2. The van der Waals surface area contributed by atoms with Gasteiger partial charge in [0, 0.05) is 12.5 Å². The lowest BCUT2D eigenvalue weighted by atomic mass is 9.96. The second-order valence-corrected chi connectivity index (χ2v) is 6.79. The molecule has 24 heavy (non-hydrogen) atoms. The Morgan fingerprint density at radius 3 is 2.62 bits per heavy atom. The Bertz CT molecular complexity index is 674. The van der Waals surface area contributed by atoms with Crippen LogP contribution in [-0.4, -0.2) is 71.6 Å². The van der Waals surface area contributed by atoms with Crippen molar-refractivity contribution in [2.24, 2.45) is 5.73 Å². The van der Waals surface area contributed by atoms with Crippen LogP contribution in [0.15, 0.2) is 0 Å². The Hall–Kier alpha value is -1.61. The predicted molar refractivity (Wildman–Crippen MR) is 69.3 cm³/mol. The van der Waals surface area contributed by atoms with Crippen LogP contribution in [0.5, 0.6) is 0 Å². The van der Waals surface area contributed by atoms with Crippen LogP contribution >= 0.6 is 0 Å². The van der Waals surface area contributed by atoms with Crippen LogP contribution in [0.3, 0.4) is 0 Å². The number of hydroxylamine groups is 3. The molecule has 0 aromatic carbocycles. The highest BCUT2D eigenvalue weighted by Gasteiger charge is 2.62. The molecule has 3 fully saturated rings. The van der Waals surface area contributed by atoms with E-state index in [0.717, 1.165) is 4.90 Å². The molecule has 2 bridgehead atoms. The van der Waals surface area contributed by atoms with Crippen LogP contribution in [0.2, 0.25) is 0 Å². The van der Waals surface area contributed by atoms with Crippen molar-refractivity contribution in [1.82, 2.24) is 15.4 Å². The Balaban J connectivity index is 1.74. The fourth-order valence-electron chi connectivity index (χ4n) is 2.61. The number of piperidine rings is 1. The van der Waals surface area contributed by atoms with Crippen LogP contribution in [-0.2, 0) is 24.3 Å². The van der Waals surface area contributed by atoms with Gasteiger partial charge in [-0.25, -0.2) is 19.1 Å². The second-order valence-electron chi connectivity index (χ2n) is 5.78. The van der Waals surface area contributed by atoms with Crippen LogP contribution in [0.4, 0.5) is 13.6 Å². The zero-order valence-electron chi connectivity index (χ0n) is 12.0. The molecule has 0 radical (unpaired) electrons. The van der Waals surface area contributed by atoms with Crippen molar-refractivity contribution in [3.63, 3.8) is 0 Å². The molecule has 4 N–H and O–H groups in total. The van der Waals surface area contributed by atoms with Gasteiger partial charge in [-0.05, 0) is 6.42 Å². The Kier molecular flexibility index (Phi) is 3.91. The number of rotatable bonds is 5. The molecule has 136 valence electrons. The summed E-state index contributed by atoms with van der Waals surface area (Å²) in [6.07, 6.45) is -0.970. The normalized spacial score (nSPS) is 34.4. The van der Waals surface area contributed by atoms with Gasteiger partial charge in [0.15, 0.2) is 0 Å². The van der Waals surface area contributed by atoms with E-state index in [1.807, 2.05) is 5.48 Å². The quantitative estimate of drug-likeness (QED) is 0.385. The maximum absolute atomic E-state index is 14.2. The van der Waals surface area contributed by atoms with Crippen molar-refractivity contribution >= 4 is 22.3 Å². The third-order valence-electron chi connectivity index (χ3n) is 3.98. The van der Waals surface area contributed by atoms with Gasteiger partial charge in [-0.3, -0.25) is 14.2 Å². The summed E-state index contributed by atoms with van der Waals surface area (Å²) in [5.41, 5.74) is 7.44. The van der Waals surface area contributed by atoms with Gasteiger partial charge in [-0.2, -0.15) is 13.5 Å². The molecule has 3 rings (SSSR count). The highest BCUT2D eigenvalue weighted by Crippen LogP contribution is 2.41. The fourth-order valence-corrected chi connectivity index (χ4v) is 2.99. The lowest BCUT2D eigenvalue weighted by molar-refractivity contribution is -0.159. The van der Waals surface area contributed by atoms with Crippen LogP contribution < -0.4 is 11.2 Å². The molecule has 2 heterocycles. The first kappa shape index (κ1) is 17.2. The number of urea groups is 1. The van der Waals surface area contributed by atoms with Crippen molar-refractivity contribution in [2.45, 2.75) is 43.0 Å². The van der Waals surface area contributed by atoms with Gasteiger partial charge in [-0.15, -0.1) is 4.28 Å². The van der Waals surface area contributed by atoms with E-state index in [0.29, 0.717) is 6.42 Å². The molecule has 0 spiro atoms. The molecule has 11 nitrogen and oxygen atoms in total. The van der Waals surface area contributed by atoms with Crippen molar-refractivity contribution in [3.05, 3.63) is 0 Å². The highest BCUT2D eigenvalue weighted by molar-refractivity contribution is 7.80. The largest absolute Gasteiger partial charge is 0.418 e. The van der Waals surface area contributed by atoms with Crippen molar-refractivity contribution < 1.29 is 40.5 Å². The molecule has 3 aliphatic rings. The molecule has 0 aromatic rings. The van der Waals surface area contributed by atoms with E-state index in [-0.39, 0.29) is 11.1 Å². The second kappa shape index (κ2) is 5.45. The third kappa shape index (κ3) is 3.14. The number of carbonyl (C=O) groups is 2. The van der Waals surface area contributed by atoms with Gasteiger partial charge in [0.1, 0.15) is 18.2 Å². The monoisotopic (exact) mass is 372 g/mol. The molecular formula is C10H14F2N4O7S. The summed E-state index contributed by atoms with van der Waals surface area (Å²) in [6, 6.07) is -5.07. The van der Waals surface area contributed by atoms with E-state index in [9.17, 15) is 26.8 Å². The average molecular weight is 372 g/mol. The summed E-state index contributed by atoms with van der Waals surface area (Å²) in [5.74, 6) is -4.61. The zero-order chi connectivity index (χ0) is 17.9. The minimum absolute atomic E-state index is 0.139. The van der Waals surface area contributed by atoms with Gasteiger partial charge in [-0.1, -0.05) is 0 Å². The average Bonchev–Trinajstić information content (AvgIpc) is 3.07. The van der Waals surface area contributed by atoms with Crippen LogP contribution in [0.1, 0.15) is 12.8 Å². The maximum atomic E-state index is 14.2. The number of nitrogens with one attached hydrogen (secondary N) is 1. The number of nitrogens with zero attached hydrogens (tertiary/aromatic N) is 2. The number of hydrogen-bond donors (Lipinski definition) is 3. The molecule has 1 aliphatic carbocycles. The smallest absolute Gasteiger partial charge is 0.325 e. The molecule has 3 amide bonds. The Labute approximate surface area is 134 Å². The topological polar surface area (TPSA) is 151 Å². The van der Waals surface area contributed by atoms with Gasteiger partial charge >= 0.3 is 16.4 Å². The third-order valence-corrected chi connectivity index (χ3v) is 4.33. The lowest BCUT2D eigenvalue weighted by Crippen LogP contribution is -2.56. The Morgan fingerprint density at radius 1 is 1.46 bits per heavy atom. The first-order chi connectivity index (χ1) is 11.0. The number of alkyl halides is 2. The van der Waals surface area contributed by atoms with Gasteiger partial charge in [0.05, 0.1) is 6.54 Å². The first-order valence-electron chi connectivity index (χ1n) is 6.85. The minimum atomic E-state index is -5.18. The molecular weight excluding hydrogens is 358 g/mol. The summed E-state index contributed by atoms with van der Waals surface area (Å²) in [6.45, 7) is -0.650. The predicted octanol–water partition coefficient (Wildman–Crippen LogP) is -1.62. The van der Waals surface area contributed by atoms with E-state index in [2.05, 4.69) is 4.28 Å². The standard InChI is InChI=1S/C10H14F2N4O7S/c11-10(12)2-5(8(17)14-22-6-1-4(6)13)15-3-7(10)16(9(15)18)23-24(19,20)21/h4-7H,1-3,13H2,(H,14,17)(H,19,20,21)/t4?,5-,6?,7-/m0/s1. The van der Waals surface area contributed by atoms with Crippen molar-refractivity contribution in [3.8, 4) is 0 Å². The molecule has 1 saturated carbocycles. The molecule has 2 unspecified atom stereocenters. The number of fused-ring (bicyclic) bond motifs is 2. The number of carbonyl (C=O) groups excluding carboxylic acids is 2. The first-order valence-corrected chi connectivity index (χ1v) is 8.22. The van der Waals surface area contributed by atoms with Crippen LogP contribution in [0.25, 0.3) is 0 Å². The maximum Gasteiger partial charge on any atom is 0.418 e.